The maximum Gasteiger partial charge on any atom is 0.245 e. The highest BCUT2D eigenvalue weighted by molar-refractivity contribution is 7.94. The summed E-state index contributed by atoms with van der Waals surface area (Å²) in [5, 5.41) is 0. The molecule has 4 rings (SSSR count). The van der Waals surface area contributed by atoms with E-state index < -0.39 is 14.8 Å². The zero-order chi connectivity index (χ0) is 16.2. The number of rotatable bonds is 3. The molecule has 0 bridgehead atoms. The lowest BCUT2D eigenvalue weighted by Gasteiger charge is -2.23. The van der Waals surface area contributed by atoms with E-state index in [0.717, 1.165) is 23.3 Å². The van der Waals surface area contributed by atoms with Crippen molar-refractivity contribution in [2.24, 2.45) is 5.92 Å². The molecular weight excluding hydrogens is 310 g/mol. The molecule has 120 valence electrons. The van der Waals surface area contributed by atoms with Gasteiger partial charge in [-0.2, -0.15) is 0 Å². The van der Waals surface area contributed by atoms with Gasteiger partial charge in [-0.25, -0.2) is 8.42 Å². The van der Waals surface area contributed by atoms with Crippen LogP contribution in [0, 0.1) is 12.8 Å². The molecule has 0 aromatic heterocycles. The van der Waals surface area contributed by atoms with E-state index >= 15 is 0 Å². The highest BCUT2D eigenvalue weighted by Gasteiger charge is 2.71. The second-order valence-corrected chi connectivity index (χ2v) is 8.51. The summed E-state index contributed by atoms with van der Waals surface area (Å²) in [7, 11) is -1.80. The highest BCUT2D eigenvalue weighted by Crippen LogP contribution is 2.64. The van der Waals surface area contributed by atoms with Crippen LogP contribution in [0.25, 0.3) is 0 Å². The van der Waals surface area contributed by atoms with E-state index in [0.29, 0.717) is 12.2 Å². The van der Waals surface area contributed by atoms with Gasteiger partial charge >= 0.3 is 0 Å². The standard InChI is InChI=1S/C18H19NO3S/c1-13-3-5-14(6-4-13)18-11-15(18)12-19(23(18,20)21)16-7-9-17(22-2)10-8-16/h3-10,15H,11-12H2,1-2H3. The number of ether oxygens (including phenoxy) is 1. The Morgan fingerprint density at radius 2 is 1.74 bits per heavy atom. The van der Waals surface area contributed by atoms with Crippen molar-refractivity contribution in [3.8, 4) is 5.75 Å². The Bertz CT molecular complexity index is 843. The zero-order valence-electron chi connectivity index (χ0n) is 13.2. The zero-order valence-corrected chi connectivity index (χ0v) is 14.0. The molecule has 1 aliphatic heterocycles. The quantitative estimate of drug-likeness (QED) is 0.869. The number of benzene rings is 2. The Morgan fingerprint density at radius 3 is 2.35 bits per heavy atom. The number of sulfonamides is 1. The Hall–Kier alpha value is -2.01. The van der Waals surface area contributed by atoms with Gasteiger partial charge in [-0.1, -0.05) is 29.8 Å². The monoisotopic (exact) mass is 329 g/mol. The lowest BCUT2D eigenvalue weighted by Crippen LogP contribution is -2.33. The van der Waals surface area contributed by atoms with E-state index in [2.05, 4.69) is 0 Å². The highest BCUT2D eigenvalue weighted by atomic mass is 32.2. The molecule has 0 amide bonds. The number of hydrogen-bond acceptors (Lipinski definition) is 3. The molecule has 1 aliphatic carbocycles. The summed E-state index contributed by atoms with van der Waals surface area (Å²) < 4.78 is 32.4. The van der Waals surface area contributed by atoms with Gasteiger partial charge in [0.25, 0.3) is 0 Å². The number of nitrogens with zero attached hydrogens (tertiary/aromatic N) is 1. The third kappa shape index (κ3) is 1.92. The molecule has 23 heavy (non-hydrogen) atoms. The second kappa shape index (κ2) is 4.74. The van der Waals surface area contributed by atoms with E-state index in [1.165, 1.54) is 0 Å². The molecule has 2 aromatic carbocycles. The van der Waals surface area contributed by atoms with Crippen molar-refractivity contribution >= 4 is 15.7 Å². The van der Waals surface area contributed by atoms with Gasteiger partial charge in [0.15, 0.2) is 0 Å². The minimum absolute atomic E-state index is 0.178. The predicted molar refractivity (Wildman–Crippen MR) is 90.2 cm³/mol. The predicted octanol–water partition coefficient (Wildman–Crippen LogP) is 3.07. The number of fused-ring (bicyclic) bond motifs is 1. The third-order valence-electron chi connectivity index (χ3n) is 5.09. The average Bonchev–Trinajstić information content (AvgIpc) is 3.24. The smallest absolute Gasteiger partial charge is 0.245 e. The molecule has 5 heteroatoms. The van der Waals surface area contributed by atoms with Crippen LogP contribution < -0.4 is 9.04 Å². The van der Waals surface area contributed by atoms with Gasteiger partial charge in [-0.05, 0) is 43.2 Å². The second-order valence-electron chi connectivity index (χ2n) is 6.39. The Balaban J connectivity index is 1.73. The molecule has 0 spiro atoms. The molecule has 2 aromatic rings. The molecule has 0 radical (unpaired) electrons. The van der Waals surface area contributed by atoms with Crippen molar-refractivity contribution in [1.82, 2.24) is 0 Å². The van der Waals surface area contributed by atoms with Gasteiger partial charge in [0.05, 0.1) is 12.8 Å². The van der Waals surface area contributed by atoms with E-state index in [9.17, 15) is 8.42 Å². The molecule has 1 heterocycles. The minimum atomic E-state index is -3.40. The summed E-state index contributed by atoms with van der Waals surface area (Å²) in [5.74, 6) is 0.904. The van der Waals surface area contributed by atoms with E-state index in [4.69, 9.17) is 4.74 Å². The molecule has 2 aliphatic rings. The Labute approximate surface area is 136 Å². The molecule has 1 saturated heterocycles. The average molecular weight is 329 g/mol. The summed E-state index contributed by atoms with van der Waals surface area (Å²) in [5.41, 5.74) is 2.78. The van der Waals surface area contributed by atoms with E-state index in [-0.39, 0.29) is 5.92 Å². The fourth-order valence-corrected chi connectivity index (χ4v) is 6.17. The van der Waals surface area contributed by atoms with E-state index in [1.807, 2.05) is 43.3 Å². The van der Waals surface area contributed by atoms with Crippen LogP contribution in [-0.4, -0.2) is 22.1 Å². The summed E-state index contributed by atoms with van der Waals surface area (Å²) in [6.45, 7) is 2.57. The van der Waals surface area contributed by atoms with Crippen molar-refractivity contribution in [2.75, 3.05) is 18.0 Å². The van der Waals surface area contributed by atoms with Gasteiger partial charge in [-0.3, -0.25) is 4.31 Å². The Kier molecular flexibility index (Phi) is 3.00. The topological polar surface area (TPSA) is 46.6 Å². The number of anilines is 1. The van der Waals surface area contributed by atoms with Gasteiger partial charge < -0.3 is 4.74 Å². The van der Waals surface area contributed by atoms with Crippen LogP contribution in [0.1, 0.15) is 17.5 Å². The van der Waals surface area contributed by atoms with Crippen LogP contribution in [0.5, 0.6) is 5.75 Å². The van der Waals surface area contributed by atoms with Crippen LogP contribution in [-0.2, 0) is 14.8 Å². The largest absolute Gasteiger partial charge is 0.497 e. The lowest BCUT2D eigenvalue weighted by molar-refractivity contribution is 0.415. The van der Waals surface area contributed by atoms with Crippen LogP contribution in [0.2, 0.25) is 0 Å². The first-order valence-electron chi connectivity index (χ1n) is 7.72. The summed E-state index contributed by atoms with van der Waals surface area (Å²) in [6, 6.07) is 15.1. The molecule has 2 unspecified atom stereocenters. The number of hydrogen-bond donors (Lipinski definition) is 0. The number of aryl methyl sites for hydroxylation is 1. The minimum Gasteiger partial charge on any atom is -0.497 e. The van der Waals surface area contributed by atoms with Crippen LogP contribution in [0.3, 0.4) is 0 Å². The first kappa shape index (κ1) is 14.6. The normalized spacial score (nSPS) is 27.6. The van der Waals surface area contributed by atoms with Crippen molar-refractivity contribution in [3.05, 3.63) is 59.7 Å². The SMILES string of the molecule is COc1ccc(N2CC3CC3(c3ccc(C)cc3)S2(=O)=O)cc1. The molecule has 2 fully saturated rings. The van der Waals surface area contributed by atoms with Crippen LogP contribution in [0.4, 0.5) is 5.69 Å². The van der Waals surface area contributed by atoms with Gasteiger partial charge in [0.2, 0.25) is 10.0 Å². The van der Waals surface area contributed by atoms with Crippen LogP contribution in [0.15, 0.2) is 48.5 Å². The lowest BCUT2D eigenvalue weighted by atomic mass is 10.1. The fourth-order valence-electron chi connectivity index (χ4n) is 3.66. The summed E-state index contributed by atoms with van der Waals surface area (Å²) in [6.07, 6.45) is 0.727. The maximum absolute atomic E-state index is 13.2. The molecular formula is C18H19NO3S. The van der Waals surface area contributed by atoms with E-state index in [1.54, 1.807) is 23.5 Å². The van der Waals surface area contributed by atoms with Crippen molar-refractivity contribution in [3.63, 3.8) is 0 Å². The molecule has 2 atom stereocenters. The first-order chi connectivity index (χ1) is 11.0. The van der Waals surface area contributed by atoms with Crippen molar-refractivity contribution < 1.29 is 13.2 Å². The third-order valence-corrected chi connectivity index (χ3v) is 7.68. The summed E-state index contributed by atoms with van der Waals surface area (Å²) >= 11 is 0. The van der Waals surface area contributed by atoms with Crippen molar-refractivity contribution in [2.45, 2.75) is 18.1 Å². The number of methoxy groups -OCH3 is 1. The summed E-state index contributed by atoms with van der Waals surface area (Å²) in [4.78, 5) is 0. The maximum atomic E-state index is 13.2. The molecule has 1 saturated carbocycles. The van der Waals surface area contributed by atoms with Gasteiger partial charge in [0.1, 0.15) is 10.5 Å². The first-order valence-corrected chi connectivity index (χ1v) is 9.16. The van der Waals surface area contributed by atoms with Gasteiger partial charge in [0, 0.05) is 12.5 Å². The van der Waals surface area contributed by atoms with Gasteiger partial charge in [-0.15, -0.1) is 0 Å². The Morgan fingerprint density at radius 1 is 1.09 bits per heavy atom. The molecule has 0 N–H and O–H groups in total. The van der Waals surface area contributed by atoms with Crippen molar-refractivity contribution in [1.29, 1.82) is 0 Å². The molecule has 4 nitrogen and oxygen atoms in total. The fraction of sp³-hybridized carbons (Fsp3) is 0.333. The van der Waals surface area contributed by atoms with Crippen LogP contribution >= 0.6 is 0 Å².